The van der Waals surface area contributed by atoms with E-state index in [2.05, 4.69) is 58.6 Å². The maximum absolute atomic E-state index is 4.28. The van der Waals surface area contributed by atoms with Gasteiger partial charge in [0.1, 0.15) is 0 Å². The molecular formula is C19H32N4. The molecule has 0 aromatic heterocycles. The average molecular weight is 316 g/mol. The minimum Gasteiger partial charge on any atom is -0.356 e. The fourth-order valence-electron chi connectivity index (χ4n) is 2.99. The summed E-state index contributed by atoms with van der Waals surface area (Å²) in [5.74, 6) is 1.77. The summed E-state index contributed by atoms with van der Waals surface area (Å²) < 4.78 is 0. The van der Waals surface area contributed by atoms with Crippen LogP contribution in [0.25, 0.3) is 0 Å². The highest BCUT2D eigenvalue weighted by atomic mass is 15.2. The van der Waals surface area contributed by atoms with Gasteiger partial charge in [0.05, 0.1) is 0 Å². The van der Waals surface area contributed by atoms with Gasteiger partial charge in [0, 0.05) is 26.7 Å². The van der Waals surface area contributed by atoms with E-state index in [1.165, 1.54) is 37.1 Å². The molecule has 4 heteroatoms. The maximum Gasteiger partial charge on any atom is 0.191 e. The largest absolute Gasteiger partial charge is 0.356 e. The zero-order valence-electron chi connectivity index (χ0n) is 14.9. The summed E-state index contributed by atoms with van der Waals surface area (Å²) in [5.41, 5.74) is 2.80. The normalized spacial score (nSPS) is 17.3. The van der Waals surface area contributed by atoms with Crippen LogP contribution in [0.5, 0.6) is 0 Å². The standard InChI is InChI=1S/C19H32N4/c1-4-11-21-19(20-3)22-14-17-7-5-6-8-18(17)15-23-12-9-16(2)10-13-23/h5-8,16H,4,9-15H2,1-3H3,(H2,20,21,22). The third-order valence-corrected chi connectivity index (χ3v) is 4.60. The summed E-state index contributed by atoms with van der Waals surface area (Å²) >= 11 is 0. The Balaban J connectivity index is 1.92. The Morgan fingerprint density at radius 2 is 1.87 bits per heavy atom. The molecule has 0 atom stereocenters. The molecule has 2 rings (SSSR count). The van der Waals surface area contributed by atoms with Crippen molar-refractivity contribution in [1.82, 2.24) is 15.5 Å². The third kappa shape index (κ3) is 5.87. The second-order valence-electron chi connectivity index (χ2n) is 6.58. The van der Waals surface area contributed by atoms with Crippen molar-refractivity contribution in [2.24, 2.45) is 10.9 Å². The Morgan fingerprint density at radius 3 is 2.52 bits per heavy atom. The van der Waals surface area contributed by atoms with Gasteiger partial charge in [-0.05, 0) is 49.4 Å². The molecule has 0 radical (unpaired) electrons. The van der Waals surface area contributed by atoms with Crippen LogP contribution >= 0.6 is 0 Å². The number of guanidine groups is 1. The Kier molecular flexibility index (Phi) is 7.40. The molecule has 1 fully saturated rings. The number of rotatable bonds is 6. The van der Waals surface area contributed by atoms with Gasteiger partial charge in [-0.15, -0.1) is 0 Å². The summed E-state index contributed by atoms with van der Waals surface area (Å²) in [6.45, 7) is 9.81. The van der Waals surface area contributed by atoms with E-state index in [1.807, 2.05) is 7.05 Å². The average Bonchev–Trinajstić information content (AvgIpc) is 2.58. The molecule has 1 saturated heterocycles. The number of benzene rings is 1. The van der Waals surface area contributed by atoms with Gasteiger partial charge in [0.15, 0.2) is 5.96 Å². The van der Waals surface area contributed by atoms with Gasteiger partial charge >= 0.3 is 0 Å². The van der Waals surface area contributed by atoms with Crippen LogP contribution in [0.4, 0.5) is 0 Å². The van der Waals surface area contributed by atoms with Gasteiger partial charge in [-0.3, -0.25) is 9.89 Å². The first-order chi connectivity index (χ1) is 11.2. The first-order valence-corrected chi connectivity index (χ1v) is 8.96. The Morgan fingerprint density at radius 1 is 1.17 bits per heavy atom. The molecule has 0 amide bonds. The molecule has 0 saturated carbocycles. The number of likely N-dealkylation sites (tertiary alicyclic amines) is 1. The molecule has 0 spiro atoms. The molecule has 1 aliphatic rings. The Labute approximate surface area is 141 Å². The van der Waals surface area contributed by atoms with Crippen LogP contribution in [0.1, 0.15) is 44.2 Å². The van der Waals surface area contributed by atoms with E-state index in [0.717, 1.165) is 37.9 Å². The molecule has 1 aliphatic heterocycles. The fourth-order valence-corrected chi connectivity index (χ4v) is 2.99. The van der Waals surface area contributed by atoms with Gasteiger partial charge in [-0.1, -0.05) is 38.1 Å². The number of aliphatic imine (C=N–C) groups is 1. The molecule has 4 nitrogen and oxygen atoms in total. The molecule has 1 aromatic carbocycles. The Hall–Kier alpha value is -1.55. The van der Waals surface area contributed by atoms with Gasteiger partial charge in [-0.2, -0.15) is 0 Å². The van der Waals surface area contributed by atoms with Crippen LogP contribution in [0.3, 0.4) is 0 Å². The van der Waals surface area contributed by atoms with Crippen molar-refractivity contribution in [3.63, 3.8) is 0 Å². The predicted molar refractivity (Wildman–Crippen MR) is 98.6 cm³/mol. The summed E-state index contributed by atoms with van der Waals surface area (Å²) in [5, 5.41) is 6.75. The quantitative estimate of drug-likeness (QED) is 0.626. The highest BCUT2D eigenvalue weighted by Crippen LogP contribution is 2.19. The molecule has 0 aliphatic carbocycles. The van der Waals surface area contributed by atoms with Crippen LogP contribution in [0.15, 0.2) is 29.3 Å². The number of piperidine rings is 1. The number of hydrogen-bond acceptors (Lipinski definition) is 2. The lowest BCUT2D eigenvalue weighted by atomic mass is 9.98. The lowest BCUT2D eigenvalue weighted by Gasteiger charge is -2.30. The molecule has 23 heavy (non-hydrogen) atoms. The molecule has 0 bridgehead atoms. The minimum atomic E-state index is 0.823. The first kappa shape index (κ1) is 17.8. The molecule has 1 aromatic rings. The van der Waals surface area contributed by atoms with Crippen LogP contribution in [-0.4, -0.2) is 37.5 Å². The van der Waals surface area contributed by atoms with E-state index < -0.39 is 0 Å². The zero-order chi connectivity index (χ0) is 16.5. The van der Waals surface area contributed by atoms with Crippen molar-refractivity contribution >= 4 is 5.96 Å². The second-order valence-corrected chi connectivity index (χ2v) is 6.58. The van der Waals surface area contributed by atoms with Crippen LogP contribution in [0.2, 0.25) is 0 Å². The minimum absolute atomic E-state index is 0.823. The highest BCUT2D eigenvalue weighted by Gasteiger charge is 2.16. The SMILES string of the molecule is CCCNC(=NC)NCc1ccccc1CN1CCC(C)CC1. The molecular weight excluding hydrogens is 284 g/mol. The second kappa shape index (κ2) is 9.56. The van der Waals surface area contributed by atoms with Gasteiger partial charge < -0.3 is 10.6 Å². The highest BCUT2D eigenvalue weighted by molar-refractivity contribution is 5.79. The molecule has 128 valence electrons. The van der Waals surface area contributed by atoms with Crippen molar-refractivity contribution in [3.8, 4) is 0 Å². The van der Waals surface area contributed by atoms with Crippen molar-refractivity contribution in [3.05, 3.63) is 35.4 Å². The van der Waals surface area contributed by atoms with Crippen LogP contribution in [0, 0.1) is 5.92 Å². The van der Waals surface area contributed by atoms with Crippen LogP contribution in [-0.2, 0) is 13.1 Å². The third-order valence-electron chi connectivity index (χ3n) is 4.60. The van der Waals surface area contributed by atoms with Crippen molar-refractivity contribution < 1.29 is 0 Å². The zero-order valence-corrected chi connectivity index (χ0v) is 14.9. The van der Waals surface area contributed by atoms with E-state index in [0.29, 0.717) is 0 Å². The monoisotopic (exact) mass is 316 g/mol. The lowest BCUT2D eigenvalue weighted by molar-refractivity contribution is 0.185. The van der Waals surface area contributed by atoms with E-state index in [4.69, 9.17) is 0 Å². The van der Waals surface area contributed by atoms with E-state index in [-0.39, 0.29) is 0 Å². The van der Waals surface area contributed by atoms with Gasteiger partial charge in [-0.25, -0.2) is 0 Å². The fraction of sp³-hybridized carbons (Fsp3) is 0.632. The number of hydrogen-bond donors (Lipinski definition) is 2. The van der Waals surface area contributed by atoms with E-state index in [1.54, 1.807) is 0 Å². The summed E-state index contributed by atoms with van der Waals surface area (Å²) in [7, 11) is 1.83. The molecule has 2 N–H and O–H groups in total. The molecule has 1 heterocycles. The van der Waals surface area contributed by atoms with Gasteiger partial charge in [0.25, 0.3) is 0 Å². The van der Waals surface area contributed by atoms with E-state index in [9.17, 15) is 0 Å². The topological polar surface area (TPSA) is 39.7 Å². The molecule has 0 unspecified atom stereocenters. The summed E-state index contributed by atoms with van der Waals surface area (Å²) in [6, 6.07) is 8.76. The first-order valence-electron chi connectivity index (χ1n) is 8.96. The van der Waals surface area contributed by atoms with Crippen molar-refractivity contribution in [1.29, 1.82) is 0 Å². The van der Waals surface area contributed by atoms with Crippen LogP contribution < -0.4 is 10.6 Å². The number of nitrogens with one attached hydrogen (secondary N) is 2. The smallest absolute Gasteiger partial charge is 0.191 e. The summed E-state index contributed by atoms with van der Waals surface area (Å²) in [6.07, 6.45) is 3.76. The lowest BCUT2D eigenvalue weighted by Crippen LogP contribution is -2.37. The van der Waals surface area contributed by atoms with Crippen molar-refractivity contribution in [2.75, 3.05) is 26.7 Å². The predicted octanol–water partition coefficient (Wildman–Crippen LogP) is 2.99. The van der Waals surface area contributed by atoms with Gasteiger partial charge in [0.2, 0.25) is 0 Å². The number of nitrogens with zero attached hydrogens (tertiary/aromatic N) is 2. The summed E-state index contributed by atoms with van der Waals surface area (Å²) in [4.78, 5) is 6.86. The van der Waals surface area contributed by atoms with Crippen molar-refractivity contribution in [2.45, 2.75) is 46.2 Å². The van der Waals surface area contributed by atoms with E-state index >= 15 is 0 Å². The Bertz CT molecular complexity index is 490. The maximum atomic E-state index is 4.28.